The molecule has 0 amide bonds. The van der Waals surface area contributed by atoms with Crippen LogP contribution in [0, 0.1) is 0 Å². The topological polar surface area (TPSA) is 96.2 Å². The molecule has 0 saturated heterocycles. The van der Waals surface area contributed by atoms with Crippen LogP contribution in [-0.4, -0.2) is 23.2 Å². The quantitative estimate of drug-likeness (QED) is 0.672. The maximum absolute atomic E-state index is 11.1. The number of aliphatic imine (C=N–C) groups is 2. The molecule has 0 bridgehead atoms. The van der Waals surface area contributed by atoms with Gasteiger partial charge in [0.2, 0.25) is 12.2 Å². The number of carbonyl (C=O) groups is 1. The van der Waals surface area contributed by atoms with Crippen molar-refractivity contribution in [2.75, 3.05) is 0 Å². The van der Waals surface area contributed by atoms with Crippen LogP contribution in [0.2, 0.25) is 0 Å². The van der Waals surface area contributed by atoms with E-state index < -0.39 is 5.97 Å². The van der Waals surface area contributed by atoms with Crippen LogP contribution >= 0.6 is 0 Å². The molecule has 92 valence electrons. The van der Waals surface area contributed by atoms with Gasteiger partial charge in [0.1, 0.15) is 0 Å². The van der Waals surface area contributed by atoms with Crippen molar-refractivity contribution in [3.05, 3.63) is 35.9 Å². The lowest BCUT2D eigenvalue weighted by molar-refractivity contribution is 0.0698. The molecule has 0 aliphatic heterocycles. The SMILES string of the molecule is O=C=Nc1ccc2cc(C(=O)O)c(N=C=O)cc2c1. The van der Waals surface area contributed by atoms with E-state index in [2.05, 4.69) is 9.98 Å². The number of isocyanates is 2. The lowest BCUT2D eigenvalue weighted by Gasteiger charge is -2.04. The molecule has 2 aromatic rings. The first kappa shape index (κ1) is 12.4. The van der Waals surface area contributed by atoms with Crippen molar-refractivity contribution >= 4 is 40.3 Å². The van der Waals surface area contributed by atoms with Crippen LogP contribution in [0.25, 0.3) is 10.8 Å². The highest BCUT2D eigenvalue weighted by Gasteiger charge is 2.11. The molecular weight excluding hydrogens is 248 g/mol. The van der Waals surface area contributed by atoms with Gasteiger partial charge in [-0.05, 0) is 35.0 Å². The summed E-state index contributed by atoms with van der Waals surface area (Å²) in [7, 11) is 0. The molecule has 0 heterocycles. The maximum atomic E-state index is 11.1. The molecule has 0 unspecified atom stereocenters. The zero-order valence-corrected chi connectivity index (χ0v) is 9.45. The fourth-order valence-electron chi connectivity index (χ4n) is 1.71. The van der Waals surface area contributed by atoms with Crippen LogP contribution in [0.3, 0.4) is 0 Å². The summed E-state index contributed by atoms with van der Waals surface area (Å²) in [5.41, 5.74) is 0.288. The van der Waals surface area contributed by atoms with Crippen molar-refractivity contribution in [1.82, 2.24) is 0 Å². The number of hydrogen-bond donors (Lipinski definition) is 1. The summed E-state index contributed by atoms with van der Waals surface area (Å²) < 4.78 is 0. The Morgan fingerprint density at radius 3 is 2.37 bits per heavy atom. The second-order valence-electron chi connectivity index (χ2n) is 3.61. The van der Waals surface area contributed by atoms with E-state index in [1.54, 1.807) is 18.2 Å². The molecule has 0 atom stereocenters. The van der Waals surface area contributed by atoms with E-state index in [0.29, 0.717) is 16.5 Å². The summed E-state index contributed by atoms with van der Waals surface area (Å²) in [4.78, 5) is 38.4. The third kappa shape index (κ3) is 2.45. The molecule has 2 aromatic carbocycles. The maximum Gasteiger partial charge on any atom is 0.337 e. The molecule has 0 spiro atoms. The van der Waals surface area contributed by atoms with Gasteiger partial charge in [-0.2, -0.15) is 9.98 Å². The largest absolute Gasteiger partial charge is 0.478 e. The van der Waals surface area contributed by atoms with Crippen LogP contribution in [-0.2, 0) is 9.59 Å². The van der Waals surface area contributed by atoms with Crippen molar-refractivity contribution in [2.45, 2.75) is 0 Å². The van der Waals surface area contributed by atoms with E-state index in [9.17, 15) is 14.4 Å². The number of hydrogen-bond acceptors (Lipinski definition) is 5. The van der Waals surface area contributed by atoms with Crippen molar-refractivity contribution in [2.24, 2.45) is 9.98 Å². The third-order valence-corrected chi connectivity index (χ3v) is 2.51. The fourth-order valence-corrected chi connectivity index (χ4v) is 1.71. The van der Waals surface area contributed by atoms with Gasteiger partial charge in [-0.3, -0.25) is 0 Å². The lowest BCUT2D eigenvalue weighted by Crippen LogP contribution is -1.96. The molecule has 0 saturated carbocycles. The molecular formula is C13H6N2O4. The van der Waals surface area contributed by atoms with Crippen LogP contribution in [0.5, 0.6) is 0 Å². The first-order valence-electron chi connectivity index (χ1n) is 5.12. The summed E-state index contributed by atoms with van der Waals surface area (Å²) >= 11 is 0. The number of carbonyl (C=O) groups excluding carboxylic acids is 2. The summed E-state index contributed by atoms with van der Waals surface area (Å²) in [5, 5.41) is 10.3. The van der Waals surface area contributed by atoms with E-state index in [4.69, 9.17) is 5.11 Å². The zero-order chi connectivity index (χ0) is 13.8. The number of benzene rings is 2. The van der Waals surface area contributed by atoms with Gasteiger partial charge in [0, 0.05) is 0 Å². The fraction of sp³-hybridized carbons (Fsp3) is 0. The highest BCUT2D eigenvalue weighted by Crippen LogP contribution is 2.28. The molecule has 6 heteroatoms. The molecule has 0 aromatic heterocycles. The van der Waals surface area contributed by atoms with Crippen molar-refractivity contribution in [3.63, 3.8) is 0 Å². The highest BCUT2D eigenvalue weighted by molar-refractivity contribution is 6.01. The minimum absolute atomic E-state index is 0.00207. The van der Waals surface area contributed by atoms with Crippen molar-refractivity contribution in [3.8, 4) is 0 Å². The number of nitrogens with zero attached hydrogens (tertiary/aromatic N) is 2. The van der Waals surface area contributed by atoms with Gasteiger partial charge in [-0.15, -0.1) is 0 Å². The predicted octanol–water partition coefficient (Wildman–Crippen LogP) is 2.47. The smallest absolute Gasteiger partial charge is 0.337 e. The van der Waals surface area contributed by atoms with Crippen molar-refractivity contribution < 1.29 is 19.5 Å². The standard InChI is InChI=1S/C13H6N2O4/c16-6-14-10-2-1-8-4-11(13(18)19)12(15-7-17)5-9(8)3-10/h1-5H,(H,18,19). The number of carboxylic acid groups (broad SMARTS) is 1. The number of fused-ring (bicyclic) bond motifs is 1. The van der Waals surface area contributed by atoms with Crippen LogP contribution in [0.1, 0.15) is 10.4 Å². The number of aromatic carboxylic acids is 1. The summed E-state index contributed by atoms with van der Waals surface area (Å²) in [6.45, 7) is 0. The molecule has 0 fully saturated rings. The zero-order valence-electron chi connectivity index (χ0n) is 9.45. The van der Waals surface area contributed by atoms with Gasteiger partial charge >= 0.3 is 5.97 Å². The van der Waals surface area contributed by atoms with Gasteiger partial charge < -0.3 is 5.11 Å². The average Bonchev–Trinajstić information content (AvgIpc) is 2.38. The summed E-state index contributed by atoms with van der Waals surface area (Å²) in [5.74, 6) is -1.19. The van der Waals surface area contributed by atoms with Gasteiger partial charge in [-0.1, -0.05) is 6.07 Å². The van der Waals surface area contributed by atoms with Crippen LogP contribution in [0.15, 0.2) is 40.3 Å². The first-order valence-corrected chi connectivity index (χ1v) is 5.12. The second-order valence-corrected chi connectivity index (χ2v) is 3.61. The van der Waals surface area contributed by atoms with Gasteiger partial charge in [-0.25, -0.2) is 14.4 Å². The van der Waals surface area contributed by atoms with Crippen LogP contribution in [0.4, 0.5) is 11.4 Å². The molecule has 19 heavy (non-hydrogen) atoms. The van der Waals surface area contributed by atoms with Gasteiger partial charge in [0.15, 0.2) is 0 Å². The Morgan fingerprint density at radius 1 is 1.00 bits per heavy atom. The number of carboxylic acids is 1. The lowest BCUT2D eigenvalue weighted by atomic mass is 10.0. The highest BCUT2D eigenvalue weighted by atomic mass is 16.4. The molecule has 0 aliphatic carbocycles. The molecule has 1 N–H and O–H groups in total. The van der Waals surface area contributed by atoms with Gasteiger partial charge in [0.25, 0.3) is 0 Å². The van der Waals surface area contributed by atoms with E-state index in [1.165, 1.54) is 24.3 Å². The van der Waals surface area contributed by atoms with Crippen LogP contribution < -0.4 is 0 Å². The van der Waals surface area contributed by atoms with E-state index in [-0.39, 0.29) is 11.3 Å². The van der Waals surface area contributed by atoms with E-state index in [0.717, 1.165) is 0 Å². The Kier molecular flexibility index (Phi) is 3.30. The number of rotatable bonds is 3. The summed E-state index contributed by atoms with van der Waals surface area (Å²) in [6.07, 6.45) is 2.72. The first-order chi connectivity index (χ1) is 9.15. The van der Waals surface area contributed by atoms with Gasteiger partial charge in [0.05, 0.1) is 16.9 Å². The normalized spacial score (nSPS) is 9.47. The Labute approximate surface area is 106 Å². The Hall–Kier alpha value is -3.07. The molecule has 0 radical (unpaired) electrons. The Bertz CT molecular complexity index is 770. The van der Waals surface area contributed by atoms with Crippen molar-refractivity contribution in [1.29, 1.82) is 0 Å². The monoisotopic (exact) mass is 254 g/mol. The van der Waals surface area contributed by atoms with E-state index in [1.807, 2.05) is 0 Å². The average molecular weight is 254 g/mol. The summed E-state index contributed by atoms with van der Waals surface area (Å²) in [6, 6.07) is 7.55. The minimum atomic E-state index is -1.19. The predicted molar refractivity (Wildman–Crippen MR) is 66.5 cm³/mol. The molecule has 0 aliphatic rings. The minimum Gasteiger partial charge on any atom is -0.478 e. The Morgan fingerprint density at radius 2 is 1.74 bits per heavy atom. The molecule has 6 nitrogen and oxygen atoms in total. The molecule has 2 rings (SSSR count). The third-order valence-electron chi connectivity index (χ3n) is 2.51. The Balaban J connectivity index is 2.76. The second kappa shape index (κ2) is 5.06. The van der Waals surface area contributed by atoms with E-state index >= 15 is 0 Å².